The Labute approximate surface area is 99.8 Å². The molecule has 1 aromatic rings. The minimum absolute atomic E-state index is 0.605. The predicted molar refractivity (Wildman–Crippen MR) is 70.2 cm³/mol. The van der Waals surface area contributed by atoms with E-state index in [1.54, 1.807) is 7.11 Å². The van der Waals surface area contributed by atoms with Gasteiger partial charge in [-0.2, -0.15) is 0 Å². The molecule has 0 bridgehead atoms. The molecule has 0 heterocycles. The molecular weight excluding hydrogens is 196 g/mol. The van der Waals surface area contributed by atoms with E-state index in [2.05, 4.69) is 32.0 Å². The first-order chi connectivity index (χ1) is 7.79. The van der Waals surface area contributed by atoms with Gasteiger partial charge in [0.2, 0.25) is 0 Å². The smallest absolute Gasteiger partial charge is 0.122 e. The molecule has 0 N–H and O–H groups in total. The van der Waals surface area contributed by atoms with Crippen LogP contribution in [0.1, 0.15) is 57.4 Å². The van der Waals surface area contributed by atoms with E-state index in [4.69, 9.17) is 4.74 Å². The van der Waals surface area contributed by atoms with E-state index in [-0.39, 0.29) is 0 Å². The van der Waals surface area contributed by atoms with Crippen molar-refractivity contribution >= 4 is 0 Å². The number of rotatable bonds is 7. The highest BCUT2D eigenvalue weighted by Gasteiger charge is 2.09. The molecule has 0 spiro atoms. The molecule has 0 amide bonds. The fraction of sp³-hybridized carbons (Fsp3) is 0.600. The monoisotopic (exact) mass is 220 g/mol. The lowest BCUT2D eigenvalue weighted by Gasteiger charge is -2.15. The third kappa shape index (κ3) is 3.88. The Kier molecular flexibility index (Phi) is 5.99. The molecule has 0 aliphatic carbocycles. The fourth-order valence-electron chi connectivity index (χ4n) is 2.11. The van der Waals surface area contributed by atoms with Crippen LogP contribution in [0, 0.1) is 0 Å². The van der Waals surface area contributed by atoms with Crippen LogP contribution >= 0.6 is 0 Å². The Morgan fingerprint density at radius 2 is 1.88 bits per heavy atom. The molecule has 0 saturated heterocycles. The van der Waals surface area contributed by atoms with Gasteiger partial charge < -0.3 is 4.74 Å². The number of para-hydroxylation sites is 1. The Balaban J connectivity index is 2.48. The zero-order valence-corrected chi connectivity index (χ0v) is 10.8. The second kappa shape index (κ2) is 7.32. The first kappa shape index (κ1) is 13.1. The molecule has 0 fully saturated rings. The zero-order chi connectivity index (χ0) is 11.8. The van der Waals surface area contributed by atoms with Gasteiger partial charge in [0, 0.05) is 0 Å². The summed E-state index contributed by atoms with van der Waals surface area (Å²) in [6, 6.07) is 8.37. The molecule has 1 aromatic carbocycles. The summed E-state index contributed by atoms with van der Waals surface area (Å²) in [6.07, 6.45) is 6.62. The minimum atomic E-state index is 0.605. The second-order valence-electron chi connectivity index (χ2n) is 4.49. The SMILES string of the molecule is CCCCCCC(C)c1ccccc1OC. The van der Waals surface area contributed by atoms with Gasteiger partial charge in [0.05, 0.1) is 7.11 Å². The number of benzene rings is 1. The molecule has 0 saturated carbocycles. The highest BCUT2D eigenvalue weighted by molar-refractivity contribution is 5.35. The van der Waals surface area contributed by atoms with Crippen molar-refractivity contribution < 1.29 is 4.74 Å². The molecule has 0 radical (unpaired) electrons. The number of unbranched alkanes of at least 4 members (excludes halogenated alkanes) is 3. The van der Waals surface area contributed by atoms with Crippen molar-refractivity contribution in [3.05, 3.63) is 29.8 Å². The Bertz CT molecular complexity index is 293. The van der Waals surface area contributed by atoms with Crippen LogP contribution < -0.4 is 4.74 Å². The summed E-state index contributed by atoms with van der Waals surface area (Å²) in [5.41, 5.74) is 1.35. The maximum atomic E-state index is 5.39. The molecule has 0 aromatic heterocycles. The molecule has 1 unspecified atom stereocenters. The van der Waals surface area contributed by atoms with E-state index in [0.717, 1.165) is 5.75 Å². The first-order valence-corrected chi connectivity index (χ1v) is 6.42. The van der Waals surface area contributed by atoms with Gasteiger partial charge in [-0.3, -0.25) is 0 Å². The predicted octanol–water partition coefficient (Wildman–Crippen LogP) is 4.77. The molecule has 0 aliphatic heterocycles. The maximum absolute atomic E-state index is 5.39. The van der Waals surface area contributed by atoms with Crippen molar-refractivity contribution in [1.82, 2.24) is 0 Å². The van der Waals surface area contributed by atoms with Gasteiger partial charge in [-0.15, -0.1) is 0 Å². The van der Waals surface area contributed by atoms with E-state index in [1.807, 2.05) is 6.07 Å². The number of hydrogen-bond donors (Lipinski definition) is 0. The van der Waals surface area contributed by atoms with Gasteiger partial charge in [-0.1, -0.05) is 57.7 Å². The van der Waals surface area contributed by atoms with Crippen LogP contribution in [0.25, 0.3) is 0 Å². The Hall–Kier alpha value is -0.980. The van der Waals surface area contributed by atoms with E-state index < -0.39 is 0 Å². The van der Waals surface area contributed by atoms with Crippen LogP contribution in [0.15, 0.2) is 24.3 Å². The summed E-state index contributed by atoms with van der Waals surface area (Å²) in [5.74, 6) is 1.64. The number of methoxy groups -OCH3 is 1. The van der Waals surface area contributed by atoms with Crippen LogP contribution in [-0.4, -0.2) is 7.11 Å². The summed E-state index contributed by atoms with van der Waals surface area (Å²) in [6.45, 7) is 4.55. The minimum Gasteiger partial charge on any atom is -0.496 e. The van der Waals surface area contributed by atoms with Crippen molar-refractivity contribution in [1.29, 1.82) is 0 Å². The quantitative estimate of drug-likeness (QED) is 0.601. The molecule has 90 valence electrons. The average molecular weight is 220 g/mol. The molecule has 1 rings (SSSR count). The highest BCUT2D eigenvalue weighted by atomic mass is 16.5. The summed E-state index contributed by atoms with van der Waals surface area (Å²) in [5, 5.41) is 0. The van der Waals surface area contributed by atoms with Crippen molar-refractivity contribution in [2.24, 2.45) is 0 Å². The standard InChI is InChI=1S/C15H24O/c1-4-5-6-7-10-13(2)14-11-8-9-12-15(14)16-3/h8-9,11-13H,4-7,10H2,1-3H3. The molecule has 1 nitrogen and oxygen atoms in total. The van der Waals surface area contributed by atoms with E-state index in [9.17, 15) is 0 Å². The molecule has 1 atom stereocenters. The average Bonchev–Trinajstić information content (AvgIpc) is 2.34. The molecule has 1 heteroatoms. The van der Waals surface area contributed by atoms with E-state index >= 15 is 0 Å². The maximum Gasteiger partial charge on any atom is 0.122 e. The lowest BCUT2D eigenvalue weighted by molar-refractivity contribution is 0.404. The van der Waals surface area contributed by atoms with Crippen LogP contribution in [0.2, 0.25) is 0 Å². The van der Waals surface area contributed by atoms with Crippen LogP contribution in [0.3, 0.4) is 0 Å². The summed E-state index contributed by atoms with van der Waals surface area (Å²) >= 11 is 0. The van der Waals surface area contributed by atoms with Crippen LogP contribution in [0.4, 0.5) is 0 Å². The third-order valence-electron chi connectivity index (χ3n) is 3.16. The lowest BCUT2D eigenvalue weighted by Crippen LogP contribution is -1.97. The van der Waals surface area contributed by atoms with Gasteiger partial charge in [0.25, 0.3) is 0 Å². The van der Waals surface area contributed by atoms with Crippen LogP contribution in [-0.2, 0) is 0 Å². The molecule has 16 heavy (non-hydrogen) atoms. The lowest BCUT2D eigenvalue weighted by atomic mass is 9.94. The van der Waals surface area contributed by atoms with Gasteiger partial charge in [0.15, 0.2) is 0 Å². The van der Waals surface area contributed by atoms with E-state index in [0.29, 0.717) is 5.92 Å². The highest BCUT2D eigenvalue weighted by Crippen LogP contribution is 2.29. The fourth-order valence-corrected chi connectivity index (χ4v) is 2.11. The Morgan fingerprint density at radius 1 is 1.12 bits per heavy atom. The topological polar surface area (TPSA) is 9.23 Å². The molecule has 0 aliphatic rings. The van der Waals surface area contributed by atoms with Crippen LogP contribution in [0.5, 0.6) is 5.75 Å². The number of ether oxygens (including phenoxy) is 1. The zero-order valence-electron chi connectivity index (χ0n) is 10.8. The van der Waals surface area contributed by atoms with Crippen molar-refractivity contribution in [3.63, 3.8) is 0 Å². The third-order valence-corrected chi connectivity index (χ3v) is 3.16. The van der Waals surface area contributed by atoms with Crippen molar-refractivity contribution in [2.75, 3.05) is 7.11 Å². The van der Waals surface area contributed by atoms with Gasteiger partial charge in [-0.05, 0) is 24.0 Å². The first-order valence-electron chi connectivity index (χ1n) is 6.42. The Morgan fingerprint density at radius 3 is 2.56 bits per heavy atom. The van der Waals surface area contributed by atoms with Crippen molar-refractivity contribution in [2.45, 2.75) is 51.9 Å². The van der Waals surface area contributed by atoms with Gasteiger partial charge in [0.1, 0.15) is 5.75 Å². The molecular formula is C15H24O. The van der Waals surface area contributed by atoms with Gasteiger partial charge >= 0.3 is 0 Å². The second-order valence-corrected chi connectivity index (χ2v) is 4.49. The summed E-state index contributed by atoms with van der Waals surface area (Å²) in [4.78, 5) is 0. The summed E-state index contributed by atoms with van der Waals surface area (Å²) < 4.78 is 5.39. The number of hydrogen-bond acceptors (Lipinski definition) is 1. The largest absolute Gasteiger partial charge is 0.496 e. The normalized spacial score (nSPS) is 12.4. The van der Waals surface area contributed by atoms with E-state index in [1.165, 1.54) is 37.7 Å². The summed E-state index contributed by atoms with van der Waals surface area (Å²) in [7, 11) is 1.75. The van der Waals surface area contributed by atoms with Crippen molar-refractivity contribution in [3.8, 4) is 5.75 Å². The van der Waals surface area contributed by atoms with Gasteiger partial charge in [-0.25, -0.2) is 0 Å².